The Bertz CT molecular complexity index is 530. The van der Waals surface area contributed by atoms with Crippen molar-refractivity contribution in [3.8, 4) is 0 Å². The van der Waals surface area contributed by atoms with Gasteiger partial charge in [-0.25, -0.2) is 0 Å². The molecule has 23 heavy (non-hydrogen) atoms. The van der Waals surface area contributed by atoms with Gasteiger partial charge in [-0.1, -0.05) is 30.3 Å². The number of likely N-dealkylation sites (tertiary alicyclic amines) is 1. The van der Waals surface area contributed by atoms with Crippen LogP contribution in [-0.4, -0.2) is 37.1 Å². The monoisotopic (exact) mass is 313 g/mol. The molecule has 1 saturated heterocycles. The van der Waals surface area contributed by atoms with Crippen LogP contribution >= 0.6 is 0 Å². The fraction of sp³-hybridized carbons (Fsp3) is 0.650. The van der Waals surface area contributed by atoms with E-state index in [1.807, 2.05) is 6.07 Å². The van der Waals surface area contributed by atoms with E-state index in [0.717, 1.165) is 19.6 Å². The van der Waals surface area contributed by atoms with Crippen LogP contribution in [0.4, 0.5) is 0 Å². The van der Waals surface area contributed by atoms with Gasteiger partial charge in [0, 0.05) is 6.54 Å². The average molecular weight is 313 g/mol. The molecule has 3 fully saturated rings. The summed E-state index contributed by atoms with van der Waals surface area (Å²) in [6.45, 7) is 3.76. The first kappa shape index (κ1) is 15.2. The molecular formula is C20H27NO2. The molecule has 0 aromatic heterocycles. The number of esters is 1. The van der Waals surface area contributed by atoms with Crippen LogP contribution in [0.5, 0.6) is 0 Å². The molecule has 0 unspecified atom stereocenters. The van der Waals surface area contributed by atoms with E-state index in [4.69, 9.17) is 4.74 Å². The van der Waals surface area contributed by atoms with Crippen LogP contribution in [0, 0.1) is 11.8 Å². The lowest BCUT2D eigenvalue weighted by atomic mass is 9.71. The van der Waals surface area contributed by atoms with Gasteiger partial charge in [0.05, 0.1) is 5.41 Å². The van der Waals surface area contributed by atoms with E-state index in [1.54, 1.807) is 0 Å². The van der Waals surface area contributed by atoms with Gasteiger partial charge in [0.2, 0.25) is 0 Å². The minimum atomic E-state index is -0.355. The molecule has 3 aliphatic rings. The van der Waals surface area contributed by atoms with E-state index in [1.165, 1.54) is 44.1 Å². The highest BCUT2D eigenvalue weighted by Gasteiger charge is 2.60. The average Bonchev–Trinajstić information content (AvgIpc) is 3.31. The summed E-state index contributed by atoms with van der Waals surface area (Å²) in [6.07, 6.45) is 7.29. The van der Waals surface area contributed by atoms with Gasteiger partial charge in [-0.05, 0) is 69.0 Å². The molecule has 1 aromatic rings. The van der Waals surface area contributed by atoms with Crippen LogP contribution < -0.4 is 0 Å². The van der Waals surface area contributed by atoms with E-state index in [9.17, 15) is 4.79 Å². The highest BCUT2D eigenvalue weighted by atomic mass is 16.5. The Hall–Kier alpha value is -1.35. The number of ether oxygens (including phenoxy) is 1. The summed E-state index contributed by atoms with van der Waals surface area (Å²) in [5, 5.41) is 0. The zero-order valence-corrected chi connectivity index (χ0v) is 13.9. The Morgan fingerprint density at radius 1 is 1.04 bits per heavy atom. The normalized spacial score (nSPS) is 33.2. The molecule has 0 amide bonds. The largest absolute Gasteiger partial charge is 0.464 e. The number of carbonyl (C=O) groups excluding carboxylic acids is 1. The lowest BCUT2D eigenvalue weighted by Crippen LogP contribution is -2.43. The zero-order valence-electron chi connectivity index (χ0n) is 13.9. The van der Waals surface area contributed by atoms with Gasteiger partial charge < -0.3 is 4.74 Å². The SMILES string of the molecule is O=C(OCCN1CCCC1)C1(c2ccccc2)C2CCC1CC2. The Morgan fingerprint density at radius 3 is 2.26 bits per heavy atom. The van der Waals surface area contributed by atoms with Gasteiger partial charge in [-0.2, -0.15) is 0 Å². The van der Waals surface area contributed by atoms with Crippen molar-refractivity contribution in [1.29, 1.82) is 0 Å². The van der Waals surface area contributed by atoms with Gasteiger partial charge in [0.1, 0.15) is 6.61 Å². The highest BCUT2D eigenvalue weighted by molar-refractivity contribution is 5.85. The van der Waals surface area contributed by atoms with Crippen molar-refractivity contribution in [2.24, 2.45) is 11.8 Å². The van der Waals surface area contributed by atoms with Gasteiger partial charge in [0.15, 0.2) is 0 Å². The quantitative estimate of drug-likeness (QED) is 0.781. The minimum absolute atomic E-state index is 0.0490. The van der Waals surface area contributed by atoms with Gasteiger partial charge in [-0.15, -0.1) is 0 Å². The number of rotatable bonds is 5. The maximum Gasteiger partial charge on any atom is 0.317 e. The first-order valence-electron chi connectivity index (χ1n) is 9.27. The van der Waals surface area contributed by atoms with E-state index >= 15 is 0 Å². The van der Waals surface area contributed by atoms with Gasteiger partial charge in [0.25, 0.3) is 0 Å². The molecule has 0 spiro atoms. The molecule has 0 N–H and O–H groups in total. The number of benzene rings is 1. The summed E-state index contributed by atoms with van der Waals surface area (Å²) in [5.41, 5.74) is 0.836. The molecule has 124 valence electrons. The predicted molar refractivity (Wildman–Crippen MR) is 90.2 cm³/mol. The molecule has 0 atom stereocenters. The summed E-state index contributed by atoms with van der Waals surface area (Å²) in [5.74, 6) is 1.01. The second kappa shape index (κ2) is 6.27. The molecule has 2 aliphatic carbocycles. The maximum atomic E-state index is 13.2. The van der Waals surface area contributed by atoms with Crippen molar-refractivity contribution in [1.82, 2.24) is 4.90 Å². The van der Waals surface area contributed by atoms with Gasteiger partial charge >= 0.3 is 5.97 Å². The van der Waals surface area contributed by atoms with Crippen LogP contribution in [0.2, 0.25) is 0 Å². The zero-order chi connectivity index (χ0) is 15.7. The Balaban J connectivity index is 1.51. The number of hydrogen-bond acceptors (Lipinski definition) is 3. The topological polar surface area (TPSA) is 29.5 Å². The summed E-state index contributed by atoms with van der Waals surface area (Å²) < 4.78 is 5.85. The van der Waals surface area contributed by atoms with Crippen LogP contribution in [0.1, 0.15) is 44.1 Å². The van der Waals surface area contributed by atoms with Crippen LogP contribution in [0.25, 0.3) is 0 Å². The smallest absolute Gasteiger partial charge is 0.317 e. The van der Waals surface area contributed by atoms with E-state index in [0.29, 0.717) is 18.4 Å². The van der Waals surface area contributed by atoms with Gasteiger partial charge in [-0.3, -0.25) is 9.69 Å². The first-order valence-corrected chi connectivity index (χ1v) is 9.27. The molecule has 2 bridgehead atoms. The second-order valence-corrected chi connectivity index (χ2v) is 7.47. The molecule has 1 heterocycles. The summed E-state index contributed by atoms with van der Waals surface area (Å²) in [7, 11) is 0. The van der Waals surface area contributed by atoms with Crippen molar-refractivity contribution in [3.05, 3.63) is 35.9 Å². The third-order valence-corrected chi connectivity index (χ3v) is 6.44. The van der Waals surface area contributed by atoms with Crippen LogP contribution in [0.3, 0.4) is 0 Å². The Labute approximate surface area is 139 Å². The van der Waals surface area contributed by atoms with Crippen LogP contribution in [-0.2, 0) is 14.9 Å². The summed E-state index contributed by atoms with van der Waals surface area (Å²) in [6, 6.07) is 10.4. The molecular weight excluding hydrogens is 286 g/mol. The first-order chi connectivity index (χ1) is 11.3. The number of carbonyl (C=O) groups is 1. The fourth-order valence-corrected chi connectivity index (χ4v) is 5.37. The third kappa shape index (κ3) is 2.50. The molecule has 1 aromatic carbocycles. The molecule has 3 nitrogen and oxygen atoms in total. The van der Waals surface area contributed by atoms with Crippen molar-refractivity contribution in [2.75, 3.05) is 26.2 Å². The van der Waals surface area contributed by atoms with Crippen LogP contribution in [0.15, 0.2) is 30.3 Å². The number of nitrogens with zero attached hydrogens (tertiary/aromatic N) is 1. The van der Waals surface area contributed by atoms with E-state index in [2.05, 4.69) is 29.2 Å². The minimum Gasteiger partial charge on any atom is -0.464 e. The molecule has 0 radical (unpaired) electrons. The van der Waals surface area contributed by atoms with Crippen molar-refractivity contribution in [3.63, 3.8) is 0 Å². The highest BCUT2D eigenvalue weighted by Crippen LogP contribution is 2.59. The summed E-state index contributed by atoms with van der Waals surface area (Å²) >= 11 is 0. The Morgan fingerprint density at radius 2 is 1.65 bits per heavy atom. The number of hydrogen-bond donors (Lipinski definition) is 0. The number of fused-ring (bicyclic) bond motifs is 2. The fourth-order valence-electron chi connectivity index (χ4n) is 5.37. The third-order valence-electron chi connectivity index (χ3n) is 6.44. The summed E-state index contributed by atoms with van der Waals surface area (Å²) in [4.78, 5) is 15.6. The molecule has 3 heteroatoms. The molecule has 1 aliphatic heterocycles. The lowest BCUT2D eigenvalue weighted by Gasteiger charge is -2.33. The maximum absolute atomic E-state index is 13.2. The molecule has 2 saturated carbocycles. The van der Waals surface area contributed by atoms with Crippen molar-refractivity contribution < 1.29 is 9.53 Å². The van der Waals surface area contributed by atoms with Crippen molar-refractivity contribution >= 4 is 5.97 Å². The Kier molecular flexibility index (Phi) is 4.14. The predicted octanol–water partition coefficient (Wildman–Crippen LogP) is 3.38. The van der Waals surface area contributed by atoms with E-state index < -0.39 is 0 Å². The van der Waals surface area contributed by atoms with Crippen molar-refractivity contribution in [2.45, 2.75) is 43.9 Å². The second-order valence-electron chi connectivity index (χ2n) is 7.47. The molecule has 4 rings (SSSR count). The van der Waals surface area contributed by atoms with E-state index in [-0.39, 0.29) is 11.4 Å². The standard InChI is InChI=1S/C20H27NO2/c22-19(23-15-14-21-12-4-5-13-21)20(16-6-2-1-3-7-16)17-8-9-18(20)11-10-17/h1-3,6-7,17-18H,4-5,8-15H2. The lowest BCUT2D eigenvalue weighted by molar-refractivity contribution is -0.153.